The molecule has 1 rings (SSSR count). The maximum Gasteiger partial charge on any atom is 0.258 e. The first-order chi connectivity index (χ1) is 10.0. The molecule has 1 aromatic rings. The summed E-state index contributed by atoms with van der Waals surface area (Å²) in [6.45, 7) is 4.23. The second kappa shape index (κ2) is 8.74. The third kappa shape index (κ3) is 5.10. The lowest BCUT2D eigenvalue weighted by Crippen LogP contribution is -2.37. The number of amides is 1. The smallest absolute Gasteiger partial charge is 0.258 e. The second-order valence-corrected chi connectivity index (χ2v) is 5.11. The Morgan fingerprint density at radius 2 is 2.05 bits per heavy atom. The Kier molecular flexibility index (Phi) is 7.32. The molecule has 118 valence electrons. The number of nitrogens with two attached hydrogens (primary N) is 1. The van der Waals surface area contributed by atoms with Gasteiger partial charge in [0.25, 0.3) is 5.91 Å². The minimum atomic E-state index is -0.163. The van der Waals surface area contributed by atoms with Crippen LogP contribution in [0.5, 0.6) is 11.5 Å². The van der Waals surface area contributed by atoms with Crippen LogP contribution in [-0.4, -0.2) is 25.7 Å². The van der Waals surface area contributed by atoms with E-state index in [1.807, 2.05) is 13.8 Å². The van der Waals surface area contributed by atoms with Crippen molar-refractivity contribution in [3.8, 4) is 11.5 Å². The fourth-order valence-electron chi connectivity index (χ4n) is 1.99. The lowest BCUT2D eigenvalue weighted by atomic mass is 10.2. The van der Waals surface area contributed by atoms with Crippen molar-refractivity contribution >= 4 is 17.5 Å². The van der Waals surface area contributed by atoms with Crippen LogP contribution < -0.4 is 20.5 Å². The first kappa shape index (κ1) is 17.6. The molecular formula is C15H23ClN2O3. The molecule has 0 unspecified atom stereocenters. The SMILES string of the molecule is CCC(CC)NC(=O)COc1c(CN)cc(Cl)cc1OC. The Morgan fingerprint density at radius 1 is 1.38 bits per heavy atom. The number of carbonyl (C=O) groups is 1. The van der Waals surface area contributed by atoms with E-state index in [0.29, 0.717) is 22.1 Å². The van der Waals surface area contributed by atoms with Crippen LogP contribution in [0.4, 0.5) is 0 Å². The third-order valence-corrected chi connectivity index (χ3v) is 3.45. The molecule has 1 aromatic carbocycles. The number of hydrogen-bond acceptors (Lipinski definition) is 4. The summed E-state index contributed by atoms with van der Waals surface area (Å²) in [5, 5.41) is 3.43. The minimum Gasteiger partial charge on any atom is -0.493 e. The van der Waals surface area contributed by atoms with Gasteiger partial charge in [0.05, 0.1) is 7.11 Å². The van der Waals surface area contributed by atoms with Crippen LogP contribution in [0.3, 0.4) is 0 Å². The standard InChI is InChI=1S/C15H23ClN2O3/c1-4-12(5-2)18-14(19)9-21-15-10(8-17)6-11(16)7-13(15)20-3/h6-7,12H,4-5,8-9,17H2,1-3H3,(H,18,19). The van der Waals surface area contributed by atoms with Crippen LogP contribution in [0.25, 0.3) is 0 Å². The Hall–Kier alpha value is -1.46. The van der Waals surface area contributed by atoms with Gasteiger partial charge in [-0.2, -0.15) is 0 Å². The van der Waals surface area contributed by atoms with Crippen molar-refractivity contribution < 1.29 is 14.3 Å². The van der Waals surface area contributed by atoms with Crippen LogP contribution in [-0.2, 0) is 11.3 Å². The summed E-state index contributed by atoms with van der Waals surface area (Å²) in [7, 11) is 1.52. The summed E-state index contributed by atoms with van der Waals surface area (Å²) in [6.07, 6.45) is 1.78. The molecular weight excluding hydrogens is 292 g/mol. The van der Waals surface area contributed by atoms with Crippen molar-refractivity contribution in [3.63, 3.8) is 0 Å². The number of hydrogen-bond donors (Lipinski definition) is 2. The van der Waals surface area contributed by atoms with Crippen molar-refractivity contribution in [3.05, 3.63) is 22.7 Å². The van der Waals surface area contributed by atoms with E-state index in [1.165, 1.54) is 7.11 Å². The van der Waals surface area contributed by atoms with E-state index in [0.717, 1.165) is 12.8 Å². The van der Waals surface area contributed by atoms with Crippen LogP contribution >= 0.6 is 11.6 Å². The van der Waals surface area contributed by atoms with E-state index in [9.17, 15) is 4.79 Å². The highest BCUT2D eigenvalue weighted by atomic mass is 35.5. The molecule has 0 atom stereocenters. The molecule has 1 amide bonds. The molecule has 0 saturated carbocycles. The van der Waals surface area contributed by atoms with Gasteiger partial charge in [-0.15, -0.1) is 0 Å². The lowest BCUT2D eigenvalue weighted by molar-refractivity contribution is -0.123. The van der Waals surface area contributed by atoms with Gasteiger partial charge in [0.1, 0.15) is 0 Å². The largest absolute Gasteiger partial charge is 0.493 e. The van der Waals surface area contributed by atoms with E-state index in [2.05, 4.69) is 5.32 Å². The van der Waals surface area contributed by atoms with Crippen LogP contribution in [0, 0.1) is 0 Å². The molecule has 0 radical (unpaired) electrons. The molecule has 5 nitrogen and oxygen atoms in total. The van der Waals surface area contributed by atoms with Crippen molar-refractivity contribution in [2.75, 3.05) is 13.7 Å². The quantitative estimate of drug-likeness (QED) is 0.773. The van der Waals surface area contributed by atoms with Gasteiger partial charge in [0, 0.05) is 29.2 Å². The Balaban J connectivity index is 2.76. The maximum atomic E-state index is 11.9. The molecule has 0 heterocycles. The topological polar surface area (TPSA) is 73.6 Å². The average molecular weight is 315 g/mol. The van der Waals surface area contributed by atoms with Gasteiger partial charge >= 0.3 is 0 Å². The highest BCUT2D eigenvalue weighted by molar-refractivity contribution is 6.30. The molecule has 0 bridgehead atoms. The van der Waals surface area contributed by atoms with Crippen LogP contribution in [0.1, 0.15) is 32.3 Å². The lowest BCUT2D eigenvalue weighted by Gasteiger charge is -2.17. The van der Waals surface area contributed by atoms with E-state index in [-0.39, 0.29) is 25.1 Å². The average Bonchev–Trinajstić information content (AvgIpc) is 2.50. The number of benzene rings is 1. The number of nitrogens with one attached hydrogen (secondary N) is 1. The Bertz CT molecular complexity index is 451. The van der Waals surface area contributed by atoms with E-state index >= 15 is 0 Å². The normalized spacial score (nSPS) is 10.6. The first-order valence-corrected chi connectivity index (χ1v) is 7.42. The molecule has 0 aliphatic heterocycles. The number of carbonyl (C=O) groups excluding carboxylic acids is 1. The first-order valence-electron chi connectivity index (χ1n) is 7.04. The third-order valence-electron chi connectivity index (χ3n) is 3.23. The molecule has 0 saturated heterocycles. The van der Waals surface area contributed by atoms with Gasteiger partial charge < -0.3 is 20.5 Å². The number of rotatable bonds is 8. The molecule has 0 aliphatic carbocycles. The summed E-state index contributed by atoms with van der Waals surface area (Å²) >= 11 is 5.98. The molecule has 21 heavy (non-hydrogen) atoms. The fraction of sp³-hybridized carbons (Fsp3) is 0.533. The van der Waals surface area contributed by atoms with E-state index in [4.69, 9.17) is 26.8 Å². The summed E-state index contributed by atoms with van der Waals surface area (Å²) in [6, 6.07) is 3.51. The van der Waals surface area contributed by atoms with Crippen LogP contribution in [0.2, 0.25) is 5.02 Å². The van der Waals surface area contributed by atoms with E-state index in [1.54, 1.807) is 12.1 Å². The van der Waals surface area contributed by atoms with Gasteiger partial charge in [-0.3, -0.25) is 4.79 Å². The molecule has 0 spiro atoms. The highest BCUT2D eigenvalue weighted by Gasteiger charge is 2.15. The molecule has 0 aromatic heterocycles. The molecule has 6 heteroatoms. The highest BCUT2D eigenvalue weighted by Crippen LogP contribution is 2.34. The van der Waals surface area contributed by atoms with Crippen molar-refractivity contribution in [2.24, 2.45) is 5.73 Å². The summed E-state index contributed by atoms with van der Waals surface area (Å²) in [5.74, 6) is 0.769. The van der Waals surface area contributed by atoms with Crippen LogP contribution in [0.15, 0.2) is 12.1 Å². The molecule has 0 fully saturated rings. The number of methoxy groups -OCH3 is 1. The Labute approximate surface area is 130 Å². The Morgan fingerprint density at radius 3 is 2.57 bits per heavy atom. The zero-order valence-electron chi connectivity index (χ0n) is 12.7. The predicted octanol–water partition coefficient (Wildman–Crippen LogP) is 2.49. The van der Waals surface area contributed by atoms with Gasteiger partial charge in [-0.25, -0.2) is 0 Å². The fourth-order valence-corrected chi connectivity index (χ4v) is 2.22. The maximum absolute atomic E-state index is 11.9. The van der Waals surface area contributed by atoms with Crippen molar-refractivity contribution in [1.29, 1.82) is 0 Å². The van der Waals surface area contributed by atoms with E-state index < -0.39 is 0 Å². The molecule has 0 aliphatic rings. The summed E-state index contributed by atoms with van der Waals surface area (Å²) < 4.78 is 10.8. The van der Waals surface area contributed by atoms with Gasteiger partial charge in [0.2, 0.25) is 0 Å². The second-order valence-electron chi connectivity index (χ2n) is 4.67. The summed E-state index contributed by atoms with van der Waals surface area (Å²) in [5.41, 5.74) is 6.38. The zero-order chi connectivity index (χ0) is 15.8. The minimum absolute atomic E-state index is 0.0819. The van der Waals surface area contributed by atoms with Gasteiger partial charge in [-0.05, 0) is 18.9 Å². The monoisotopic (exact) mass is 314 g/mol. The van der Waals surface area contributed by atoms with Crippen molar-refractivity contribution in [1.82, 2.24) is 5.32 Å². The van der Waals surface area contributed by atoms with Crippen molar-refractivity contribution in [2.45, 2.75) is 39.3 Å². The number of halogens is 1. The number of ether oxygens (including phenoxy) is 2. The predicted molar refractivity (Wildman–Crippen MR) is 83.9 cm³/mol. The zero-order valence-corrected chi connectivity index (χ0v) is 13.5. The molecule has 3 N–H and O–H groups in total. The van der Waals surface area contributed by atoms with Gasteiger partial charge in [0.15, 0.2) is 18.1 Å². The summed E-state index contributed by atoms with van der Waals surface area (Å²) in [4.78, 5) is 11.9. The van der Waals surface area contributed by atoms with Gasteiger partial charge in [-0.1, -0.05) is 25.4 Å².